The van der Waals surface area contributed by atoms with Gasteiger partial charge in [0.1, 0.15) is 0 Å². The molecule has 1 unspecified atom stereocenters. The zero-order chi connectivity index (χ0) is 12.4. The third-order valence-corrected chi connectivity index (χ3v) is 3.51. The summed E-state index contributed by atoms with van der Waals surface area (Å²) >= 11 is 0. The molecule has 1 N–H and O–H groups in total. The Morgan fingerprint density at radius 1 is 1.41 bits per heavy atom. The molecule has 0 spiro atoms. The molecule has 1 aliphatic heterocycles. The fourth-order valence-electron chi connectivity index (χ4n) is 2.32. The molecule has 1 amide bonds. The quantitative estimate of drug-likeness (QED) is 0.842. The van der Waals surface area contributed by atoms with Crippen LogP contribution in [-0.2, 0) is 0 Å². The van der Waals surface area contributed by atoms with Gasteiger partial charge in [-0.05, 0) is 38.9 Å². The number of nitrogens with zero attached hydrogens (tertiary/aromatic N) is 1. The summed E-state index contributed by atoms with van der Waals surface area (Å²) in [4.78, 5) is 14.3. The zero-order valence-corrected chi connectivity index (χ0v) is 10.8. The van der Waals surface area contributed by atoms with Crippen LogP contribution >= 0.6 is 0 Å². The minimum Gasteiger partial charge on any atom is -0.337 e. The Balaban J connectivity index is 2.17. The van der Waals surface area contributed by atoms with E-state index in [1.807, 2.05) is 44.0 Å². The Bertz CT molecular complexity index is 428. The lowest BCUT2D eigenvalue weighted by molar-refractivity contribution is 0.0789. The number of aryl methyl sites for hydroxylation is 2. The SMILES string of the molecule is CNC1CCN(C(=O)c2cc(C)ccc2C)C1. The van der Waals surface area contributed by atoms with Crippen molar-refractivity contribution < 1.29 is 4.79 Å². The maximum atomic E-state index is 12.4. The van der Waals surface area contributed by atoms with Crippen LogP contribution < -0.4 is 5.32 Å². The first-order valence-corrected chi connectivity index (χ1v) is 6.15. The van der Waals surface area contributed by atoms with Gasteiger partial charge < -0.3 is 10.2 Å². The van der Waals surface area contributed by atoms with Crippen LogP contribution in [0.15, 0.2) is 18.2 Å². The first kappa shape index (κ1) is 12.1. The number of likely N-dealkylation sites (N-methyl/N-ethyl adjacent to an activating group) is 1. The standard InChI is InChI=1S/C14H20N2O/c1-10-4-5-11(2)13(8-10)14(17)16-7-6-12(9-16)15-3/h4-5,8,12,15H,6-7,9H2,1-3H3. The number of likely N-dealkylation sites (tertiary alicyclic amines) is 1. The molecule has 0 aliphatic carbocycles. The van der Waals surface area contributed by atoms with E-state index < -0.39 is 0 Å². The molecule has 0 bridgehead atoms. The molecule has 1 aliphatic rings. The van der Waals surface area contributed by atoms with Crippen molar-refractivity contribution in [2.24, 2.45) is 0 Å². The van der Waals surface area contributed by atoms with E-state index >= 15 is 0 Å². The molecule has 0 radical (unpaired) electrons. The summed E-state index contributed by atoms with van der Waals surface area (Å²) in [7, 11) is 1.95. The summed E-state index contributed by atoms with van der Waals surface area (Å²) < 4.78 is 0. The Labute approximate surface area is 103 Å². The first-order valence-electron chi connectivity index (χ1n) is 6.15. The normalized spacial score (nSPS) is 19.7. The lowest BCUT2D eigenvalue weighted by Crippen LogP contribution is -2.33. The molecule has 1 heterocycles. The van der Waals surface area contributed by atoms with Crippen LogP contribution in [0, 0.1) is 13.8 Å². The van der Waals surface area contributed by atoms with E-state index in [0.717, 1.165) is 36.2 Å². The predicted molar refractivity (Wildman–Crippen MR) is 69.3 cm³/mol. The van der Waals surface area contributed by atoms with Crippen molar-refractivity contribution in [1.29, 1.82) is 0 Å². The van der Waals surface area contributed by atoms with Crippen LogP contribution in [-0.4, -0.2) is 37.0 Å². The number of carbonyl (C=O) groups is 1. The second-order valence-electron chi connectivity index (χ2n) is 4.84. The molecule has 3 heteroatoms. The van der Waals surface area contributed by atoms with Crippen molar-refractivity contribution in [3.63, 3.8) is 0 Å². The van der Waals surface area contributed by atoms with Gasteiger partial charge in [0, 0.05) is 24.7 Å². The van der Waals surface area contributed by atoms with Crippen LogP contribution in [0.4, 0.5) is 0 Å². The van der Waals surface area contributed by atoms with Gasteiger partial charge in [0.05, 0.1) is 0 Å². The average Bonchev–Trinajstić information content (AvgIpc) is 2.80. The van der Waals surface area contributed by atoms with Crippen molar-refractivity contribution in [3.05, 3.63) is 34.9 Å². The third kappa shape index (κ3) is 2.50. The topological polar surface area (TPSA) is 32.3 Å². The van der Waals surface area contributed by atoms with Gasteiger partial charge in [-0.3, -0.25) is 4.79 Å². The minimum absolute atomic E-state index is 0.170. The number of rotatable bonds is 2. The van der Waals surface area contributed by atoms with Gasteiger partial charge in [-0.25, -0.2) is 0 Å². The summed E-state index contributed by atoms with van der Waals surface area (Å²) in [5, 5.41) is 3.23. The summed E-state index contributed by atoms with van der Waals surface area (Å²) in [6, 6.07) is 6.51. The van der Waals surface area contributed by atoms with Gasteiger partial charge in [-0.15, -0.1) is 0 Å². The fraction of sp³-hybridized carbons (Fsp3) is 0.500. The molecule has 3 nitrogen and oxygen atoms in total. The summed E-state index contributed by atoms with van der Waals surface area (Å²) in [6.07, 6.45) is 1.05. The molecule has 92 valence electrons. The molecule has 1 saturated heterocycles. The molecular weight excluding hydrogens is 212 g/mol. The Morgan fingerprint density at radius 3 is 2.82 bits per heavy atom. The molecule has 0 aromatic heterocycles. The van der Waals surface area contributed by atoms with Gasteiger partial charge in [0.25, 0.3) is 5.91 Å². The van der Waals surface area contributed by atoms with Crippen LogP contribution in [0.1, 0.15) is 27.9 Å². The number of nitrogens with one attached hydrogen (secondary N) is 1. The molecule has 2 rings (SSSR count). The molecule has 0 saturated carbocycles. The van der Waals surface area contributed by atoms with Crippen LogP contribution in [0.2, 0.25) is 0 Å². The summed E-state index contributed by atoms with van der Waals surface area (Å²) in [5.74, 6) is 0.170. The lowest BCUT2D eigenvalue weighted by atomic mass is 10.0. The van der Waals surface area contributed by atoms with Crippen molar-refractivity contribution in [3.8, 4) is 0 Å². The number of carbonyl (C=O) groups excluding carboxylic acids is 1. The smallest absolute Gasteiger partial charge is 0.254 e. The molecule has 1 atom stereocenters. The van der Waals surface area contributed by atoms with Gasteiger partial charge in [0.2, 0.25) is 0 Å². The Kier molecular flexibility index (Phi) is 3.48. The average molecular weight is 232 g/mol. The van der Waals surface area contributed by atoms with Crippen molar-refractivity contribution in [1.82, 2.24) is 10.2 Å². The van der Waals surface area contributed by atoms with Crippen LogP contribution in [0.3, 0.4) is 0 Å². The Morgan fingerprint density at radius 2 is 2.18 bits per heavy atom. The second-order valence-corrected chi connectivity index (χ2v) is 4.84. The second kappa shape index (κ2) is 4.88. The van der Waals surface area contributed by atoms with Gasteiger partial charge in [-0.1, -0.05) is 17.7 Å². The first-order chi connectivity index (χ1) is 8.11. The van der Waals surface area contributed by atoms with E-state index in [1.165, 1.54) is 0 Å². The molecule has 1 aromatic carbocycles. The maximum absolute atomic E-state index is 12.4. The molecule has 1 fully saturated rings. The van der Waals surface area contributed by atoms with E-state index in [-0.39, 0.29) is 5.91 Å². The fourth-order valence-corrected chi connectivity index (χ4v) is 2.32. The maximum Gasteiger partial charge on any atom is 0.254 e. The highest BCUT2D eigenvalue weighted by Crippen LogP contribution is 2.17. The number of hydrogen-bond donors (Lipinski definition) is 1. The lowest BCUT2D eigenvalue weighted by Gasteiger charge is -2.18. The third-order valence-electron chi connectivity index (χ3n) is 3.51. The van der Waals surface area contributed by atoms with E-state index in [2.05, 4.69) is 5.32 Å². The predicted octanol–water partition coefficient (Wildman–Crippen LogP) is 1.74. The number of benzene rings is 1. The van der Waals surface area contributed by atoms with Gasteiger partial charge in [0.15, 0.2) is 0 Å². The highest BCUT2D eigenvalue weighted by atomic mass is 16.2. The Hall–Kier alpha value is -1.35. The van der Waals surface area contributed by atoms with E-state index in [0.29, 0.717) is 6.04 Å². The zero-order valence-electron chi connectivity index (χ0n) is 10.8. The largest absolute Gasteiger partial charge is 0.337 e. The summed E-state index contributed by atoms with van der Waals surface area (Å²) in [6.45, 7) is 5.70. The molecule has 17 heavy (non-hydrogen) atoms. The van der Waals surface area contributed by atoms with Crippen molar-refractivity contribution in [2.75, 3.05) is 20.1 Å². The van der Waals surface area contributed by atoms with Crippen LogP contribution in [0.5, 0.6) is 0 Å². The van der Waals surface area contributed by atoms with Crippen molar-refractivity contribution >= 4 is 5.91 Å². The van der Waals surface area contributed by atoms with E-state index in [9.17, 15) is 4.79 Å². The van der Waals surface area contributed by atoms with Crippen LogP contribution in [0.25, 0.3) is 0 Å². The van der Waals surface area contributed by atoms with Gasteiger partial charge >= 0.3 is 0 Å². The van der Waals surface area contributed by atoms with Gasteiger partial charge in [-0.2, -0.15) is 0 Å². The number of hydrogen-bond acceptors (Lipinski definition) is 2. The van der Waals surface area contributed by atoms with E-state index in [4.69, 9.17) is 0 Å². The van der Waals surface area contributed by atoms with Crippen molar-refractivity contribution in [2.45, 2.75) is 26.3 Å². The monoisotopic (exact) mass is 232 g/mol. The molecular formula is C14H20N2O. The van der Waals surface area contributed by atoms with E-state index in [1.54, 1.807) is 0 Å². The highest BCUT2D eigenvalue weighted by Gasteiger charge is 2.26. The summed E-state index contributed by atoms with van der Waals surface area (Å²) in [5.41, 5.74) is 3.05. The minimum atomic E-state index is 0.170. The molecule has 1 aromatic rings. The number of amides is 1. The highest BCUT2D eigenvalue weighted by molar-refractivity contribution is 5.96.